The van der Waals surface area contributed by atoms with Gasteiger partial charge in [0, 0.05) is 18.3 Å². The SMILES string of the molecule is Cn1c(SC2CCc3ccccc3NC2=O)nnc1-c1ccc(O)cc1. The fourth-order valence-corrected chi connectivity index (χ4v) is 4.00. The van der Waals surface area contributed by atoms with E-state index in [4.69, 9.17) is 0 Å². The number of hydrogen-bond donors (Lipinski definition) is 2. The molecule has 2 N–H and O–H groups in total. The molecule has 4 rings (SSSR count). The molecule has 26 heavy (non-hydrogen) atoms. The second-order valence-corrected chi connectivity index (χ2v) is 7.37. The van der Waals surface area contributed by atoms with Crippen LogP contribution in [-0.4, -0.2) is 31.0 Å². The van der Waals surface area contributed by atoms with Gasteiger partial charge in [-0.1, -0.05) is 30.0 Å². The minimum atomic E-state index is -0.224. The van der Waals surface area contributed by atoms with Crippen molar-refractivity contribution in [3.8, 4) is 17.1 Å². The number of aryl methyl sites for hydroxylation is 1. The van der Waals surface area contributed by atoms with Crippen LogP contribution in [0.3, 0.4) is 0 Å². The number of nitrogens with one attached hydrogen (secondary N) is 1. The van der Waals surface area contributed by atoms with Crippen LogP contribution in [-0.2, 0) is 18.3 Å². The molecule has 1 amide bonds. The number of phenols is 1. The minimum Gasteiger partial charge on any atom is -0.508 e. The van der Waals surface area contributed by atoms with Gasteiger partial charge >= 0.3 is 0 Å². The smallest absolute Gasteiger partial charge is 0.237 e. The van der Waals surface area contributed by atoms with Crippen molar-refractivity contribution in [2.45, 2.75) is 23.2 Å². The van der Waals surface area contributed by atoms with Crippen molar-refractivity contribution in [2.75, 3.05) is 5.32 Å². The molecule has 3 aromatic rings. The number of benzene rings is 2. The van der Waals surface area contributed by atoms with Crippen LogP contribution in [0.1, 0.15) is 12.0 Å². The molecule has 1 atom stereocenters. The second-order valence-electron chi connectivity index (χ2n) is 6.20. The lowest BCUT2D eigenvalue weighted by atomic mass is 10.1. The van der Waals surface area contributed by atoms with Crippen molar-refractivity contribution in [3.63, 3.8) is 0 Å². The van der Waals surface area contributed by atoms with Crippen LogP contribution in [0.2, 0.25) is 0 Å². The third kappa shape index (κ3) is 3.17. The van der Waals surface area contributed by atoms with Crippen LogP contribution in [0.15, 0.2) is 53.7 Å². The van der Waals surface area contributed by atoms with Crippen molar-refractivity contribution in [1.82, 2.24) is 14.8 Å². The van der Waals surface area contributed by atoms with Gasteiger partial charge < -0.3 is 15.0 Å². The fraction of sp³-hybridized carbons (Fsp3) is 0.211. The number of fused-ring (bicyclic) bond motifs is 1. The van der Waals surface area contributed by atoms with Gasteiger partial charge in [-0.05, 0) is 48.7 Å². The van der Waals surface area contributed by atoms with Gasteiger partial charge in [0.1, 0.15) is 5.75 Å². The third-order valence-electron chi connectivity index (χ3n) is 4.45. The number of anilines is 1. The van der Waals surface area contributed by atoms with E-state index < -0.39 is 0 Å². The lowest BCUT2D eigenvalue weighted by Crippen LogP contribution is -2.24. The Morgan fingerprint density at radius 3 is 2.73 bits per heavy atom. The molecule has 1 aromatic heterocycles. The average molecular weight is 366 g/mol. The van der Waals surface area contributed by atoms with Gasteiger partial charge in [0.15, 0.2) is 11.0 Å². The number of amides is 1. The molecule has 1 aliphatic rings. The van der Waals surface area contributed by atoms with Crippen LogP contribution >= 0.6 is 11.8 Å². The Kier molecular flexibility index (Phi) is 4.38. The minimum absolute atomic E-state index is 0.00543. The van der Waals surface area contributed by atoms with Crippen LogP contribution < -0.4 is 5.32 Å². The van der Waals surface area contributed by atoms with Gasteiger partial charge in [0.25, 0.3) is 0 Å². The highest BCUT2D eigenvalue weighted by atomic mass is 32.2. The molecule has 0 saturated heterocycles. The van der Waals surface area contributed by atoms with Gasteiger partial charge in [-0.2, -0.15) is 0 Å². The lowest BCUT2D eigenvalue weighted by molar-refractivity contribution is -0.115. The van der Waals surface area contributed by atoms with Gasteiger partial charge in [0.05, 0.1) is 5.25 Å². The molecule has 132 valence electrons. The zero-order chi connectivity index (χ0) is 18.1. The summed E-state index contributed by atoms with van der Waals surface area (Å²) in [5.41, 5.74) is 2.91. The summed E-state index contributed by atoms with van der Waals surface area (Å²) < 4.78 is 1.88. The van der Waals surface area contributed by atoms with Crippen LogP contribution in [0, 0.1) is 0 Å². The number of carbonyl (C=O) groups is 1. The molecule has 1 unspecified atom stereocenters. The van der Waals surface area contributed by atoms with E-state index in [-0.39, 0.29) is 16.9 Å². The van der Waals surface area contributed by atoms with E-state index >= 15 is 0 Å². The Morgan fingerprint density at radius 2 is 1.92 bits per heavy atom. The summed E-state index contributed by atoms with van der Waals surface area (Å²) in [6, 6.07) is 14.7. The van der Waals surface area contributed by atoms with Gasteiger partial charge in [-0.3, -0.25) is 4.79 Å². The predicted molar refractivity (Wildman–Crippen MR) is 101 cm³/mol. The molecule has 2 heterocycles. The number of rotatable bonds is 3. The molecule has 0 fully saturated rings. The number of carbonyl (C=O) groups excluding carboxylic acids is 1. The summed E-state index contributed by atoms with van der Waals surface area (Å²) in [6.07, 6.45) is 1.59. The molecule has 0 spiro atoms. The highest BCUT2D eigenvalue weighted by Gasteiger charge is 2.26. The average Bonchev–Trinajstić information content (AvgIpc) is 2.92. The monoisotopic (exact) mass is 366 g/mol. The van der Waals surface area contributed by atoms with Crippen molar-refractivity contribution in [1.29, 1.82) is 0 Å². The molecule has 2 aromatic carbocycles. The first-order valence-electron chi connectivity index (χ1n) is 8.36. The normalized spacial score (nSPS) is 16.7. The maximum absolute atomic E-state index is 12.6. The predicted octanol–water partition coefficient (Wildman–Crippen LogP) is 3.23. The highest BCUT2D eigenvalue weighted by molar-refractivity contribution is 8.00. The molecule has 0 bridgehead atoms. The number of nitrogens with zero attached hydrogens (tertiary/aromatic N) is 3. The number of aromatic hydroxyl groups is 1. The standard InChI is InChI=1S/C19H18N4O2S/c1-23-17(13-6-9-14(24)10-7-13)21-22-19(23)26-16-11-8-12-4-2-3-5-15(12)20-18(16)25/h2-7,9-10,16,24H,8,11H2,1H3,(H,20,25). The van der Waals surface area contributed by atoms with Crippen molar-refractivity contribution >= 4 is 23.4 Å². The largest absolute Gasteiger partial charge is 0.508 e. The Morgan fingerprint density at radius 1 is 1.15 bits per heavy atom. The maximum Gasteiger partial charge on any atom is 0.237 e. The molecule has 1 aliphatic heterocycles. The van der Waals surface area contributed by atoms with Crippen molar-refractivity contribution < 1.29 is 9.90 Å². The summed E-state index contributed by atoms with van der Waals surface area (Å²) in [5.74, 6) is 0.902. The van der Waals surface area contributed by atoms with Crippen molar-refractivity contribution in [3.05, 3.63) is 54.1 Å². The first-order chi connectivity index (χ1) is 12.6. The number of phenolic OH excluding ortho intramolecular Hbond substituents is 1. The molecular weight excluding hydrogens is 348 g/mol. The van der Waals surface area contributed by atoms with Crippen molar-refractivity contribution in [2.24, 2.45) is 7.05 Å². The third-order valence-corrected chi connectivity index (χ3v) is 5.75. The molecule has 0 aliphatic carbocycles. The molecule has 6 nitrogen and oxygen atoms in total. The Balaban J connectivity index is 1.55. The zero-order valence-electron chi connectivity index (χ0n) is 14.2. The maximum atomic E-state index is 12.6. The number of para-hydroxylation sites is 1. The van der Waals surface area contributed by atoms with Gasteiger partial charge in [0.2, 0.25) is 5.91 Å². The van der Waals surface area contributed by atoms with E-state index in [2.05, 4.69) is 15.5 Å². The van der Waals surface area contributed by atoms with E-state index in [0.717, 1.165) is 29.7 Å². The molecular formula is C19H18N4O2S. The number of hydrogen-bond acceptors (Lipinski definition) is 5. The van der Waals surface area contributed by atoms with Gasteiger partial charge in [-0.15, -0.1) is 10.2 Å². The Bertz CT molecular complexity index is 952. The first-order valence-corrected chi connectivity index (χ1v) is 9.24. The van der Waals surface area contributed by atoms with Crippen LogP contribution in [0.25, 0.3) is 11.4 Å². The Labute approximate surface area is 155 Å². The van der Waals surface area contributed by atoms with Gasteiger partial charge in [-0.25, -0.2) is 0 Å². The summed E-state index contributed by atoms with van der Waals surface area (Å²) in [7, 11) is 1.88. The van der Waals surface area contributed by atoms with E-state index in [9.17, 15) is 9.90 Å². The van der Waals surface area contributed by atoms with Crippen LogP contribution in [0.4, 0.5) is 5.69 Å². The summed E-state index contributed by atoms with van der Waals surface area (Å²) in [4.78, 5) is 12.6. The highest BCUT2D eigenvalue weighted by Crippen LogP contribution is 2.32. The lowest BCUT2D eigenvalue weighted by Gasteiger charge is -2.12. The van der Waals surface area contributed by atoms with E-state index in [1.807, 2.05) is 35.9 Å². The fourth-order valence-electron chi connectivity index (χ4n) is 3.01. The van der Waals surface area contributed by atoms with Crippen LogP contribution in [0.5, 0.6) is 5.75 Å². The molecule has 0 saturated carbocycles. The first kappa shape index (κ1) is 16.7. The van der Waals surface area contributed by atoms with E-state index in [1.165, 1.54) is 11.8 Å². The number of thioether (sulfide) groups is 1. The number of aromatic nitrogens is 3. The molecule has 0 radical (unpaired) electrons. The van der Waals surface area contributed by atoms with E-state index in [1.54, 1.807) is 24.3 Å². The summed E-state index contributed by atoms with van der Waals surface area (Å²) in [6.45, 7) is 0. The zero-order valence-corrected chi connectivity index (χ0v) is 15.0. The summed E-state index contributed by atoms with van der Waals surface area (Å²) >= 11 is 1.43. The summed E-state index contributed by atoms with van der Waals surface area (Å²) in [5, 5.41) is 21.4. The quantitative estimate of drug-likeness (QED) is 0.744. The topological polar surface area (TPSA) is 80.0 Å². The van der Waals surface area contributed by atoms with E-state index in [0.29, 0.717) is 11.0 Å². The Hall–Kier alpha value is -2.80. The molecule has 7 heteroatoms. The second kappa shape index (κ2) is 6.84.